The molecule has 0 aromatic heterocycles. The summed E-state index contributed by atoms with van der Waals surface area (Å²) in [5, 5.41) is 0. The van der Waals surface area contributed by atoms with Crippen molar-refractivity contribution < 1.29 is 21.7 Å². The van der Waals surface area contributed by atoms with Gasteiger partial charge in [0.2, 0.25) is 0 Å². The summed E-state index contributed by atoms with van der Waals surface area (Å²) in [6.07, 6.45) is 34.2. The van der Waals surface area contributed by atoms with E-state index in [-0.39, 0.29) is 21.7 Å². The van der Waals surface area contributed by atoms with Crippen LogP contribution in [0.5, 0.6) is 0 Å². The minimum Gasteiger partial charge on any atom is -0.271 e. The average Bonchev–Trinajstić information content (AvgIpc) is 3.54. The van der Waals surface area contributed by atoms with E-state index in [9.17, 15) is 0 Å². The Morgan fingerprint density at radius 2 is 1.43 bits per heavy atom. The smallest absolute Gasteiger partial charge is 0.0425 e. The van der Waals surface area contributed by atoms with Crippen LogP contribution in [0, 0.1) is 0 Å². The van der Waals surface area contributed by atoms with E-state index in [1.54, 1.807) is 6.08 Å². The minimum absolute atomic E-state index is 0. The molecule has 0 aliphatic heterocycles. The Hall–Kier alpha value is -0.0957. The molecule has 30 heavy (non-hydrogen) atoms. The zero-order valence-electron chi connectivity index (χ0n) is 19.4. The molecule has 0 heterocycles. The van der Waals surface area contributed by atoms with Gasteiger partial charge in [-0.1, -0.05) is 88.8 Å². The molecule has 4 rings (SSSR count). The first-order chi connectivity index (χ1) is 14.3. The number of unbranched alkanes of at least 4 members (excludes halogenated alkanes) is 1. The number of hydrogen-bond donors (Lipinski definition) is 0. The fraction of sp³-hybridized carbons (Fsp3) is 0.704. The molecule has 0 saturated heterocycles. The molecule has 1 nitrogen and oxygen atoms in total. The summed E-state index contributed by atoms with van der Waals surface area (Å²) in [5.41, 5.74) is 4.44. The molecule has 166 valence electrons. The summed E-state index contributed by atoms with van der Waals surface area (Å²) in [5.74, 6) is 0. The fourth-order valence-electron chi connectivity index (χ4n) is 6.18. The van der Waals surface area contributed by atoms with Crippen molar-refractivity contribution in [2.75, 3.05) is 0 Å². The first kappa shape index (κ1) is 26.2. The average molecular weight is 461 g/mol. The van der Waals surface area contributed by atoms with Crippen molar-refractivity contribution in [1.29, 1.82) is 0 Å². The van der Waals surface area contributed by atoms with Gasteiger partial charge < -0.3 is 0 Å². The van der Waals surface area contributed by atoms with Crippen molar-refractivity contribution in [3.63, 3.8) is 0 Å². The van der Waals surface area contributed by atoms with Gasteiger partial charge in [-0.25, -0.2) is 0 Å². The van der Waals surface area contributed by atoms with E-state index in [1.165, 1.54) is 95.6 Å². The van der Waals surface area contributed by atoms with E-state index in [4.69, 9.17) is 4.74 Å². The van der Waals surface area contributed by atoms with Crippen LogP contribution >= 0.6 is 7.05 Å². The molecule has 4 aliphatic carbocycles. The van der Waals surface area contributed by atoms with E-state index >= 15 is 0 Å². The molecule has 3 saturated carbocycles. The maximum absolute atomic E-state index is 5.76. The molecule has 0 N–H and O–H groups in total. The number of nitrogens with zero attached hydrogens (tertiary/aromatic N) is 1. The predicted molar refractivity (Wildman–Crippen MR) is 132 cm³/mol. The Labute approximate surface area is 201 Å². The van der Waals surface area contributed by atoms with Crippen LogP contribution in [-0.2, 0) is 21.7 Å². The van der Waals surface area contributed by atoms with Gasteiger partial charge in [0, 0.05) is 33.8 Å². The molecule has 0 spiro atoms. The maximum atomic E-state index is 5.76. The van der Waals surface area contributed by atoms with Crippen molar-refractivity contribution in [3.8, 4) is 0 Å². The molecule has 0 aromatic rings. The molecule has 0 unspecified atom stereocenters. The first-order valence-electron chi connectivity index (χ1n) is 12.6. The van der Waals surface area contributed by atoms with Crippen LogP contribution in [0.1, 0.15) is 103 Å². The van der Waals surface area contributed by atoms with Crippen molar-refractivity contribution in [1.82, 2.24) is 0 Å². The van der Waals surface area contributed by atoms with Crippen LogP contribution in [0.3, 0.4) is 0 Å². The standard InChI is InChI=1S/C20H32NP.C7H12.Ti/c1-2-10-17(9-1)21-22(18-11-3-4-12-18,19-13-5-6-14-19)20-15-7-8-16-20;1-3-5-7-6-4-2;/h1-2,9,18-20H,3-8,10-16H2;3,5,7H,1,4,6H2,2H3;. The van der Waals surface area contributed by atoms with Crippen molar-refractivity contribution in [3.05, 3.63) is 48.7 Å². The van der Waals surface area contributed by atoms with Gasteiger partial charge in [0.05, 0.1) is 0 Å². The third kappa shape index (κ3) is 6.70. The quantitative estimate of drug-likeness (QED) is 0.203. The third-order valence-corrected chi connectivity index (χ3v) is 13.2. The Kier molecular flexibility index (Phi) is 12.3. The molecule has 3 fully saturated rings. The Bertz CT molecular complexity index is 594. The summed E-state index contributed by atoms with van der Waals surface area (Å²) in [4.78, 5) is 0. The zero-order valence-corrected chi connectivity index (χ0v) is 21.9. The molecular weight excluding hydrogens is 417 g/mol. The van der Waals surface area contributed by atoms with E-state index in [1.807, 2.05) is 6.08 Å². The first-order valence-corrected chi connectivity index (χ1v) is 14.5. The van der Waals surface area contributed by atoms with Crippen LogP contribution in [0.2, 0.25) is 0 Å². The normalized spacial score (nSPS) is 22.8. The Balaban J connectivity index is 0.000000350. The van der Waals surface area contributed by atoms with Crippen LogP contribution in [0.25, 0.3) is 0 Å². The second-order valence-corrected chi connectivity index (χ2v) is 13.4. The molecule has 3 heteroatoms. The van der Waals surface area contributed by atoms with Crippen molar-refractivity contribution in [2.45, 2.75) is 120 Å². The molecule has 4 aliphatic rings. The van der Waals surface area contributed by atoms with Gasteiger partial charge in [-0.05, 0) is 75.1 Å². The molecule has 0 amide bonds. The minimum atomic E-state index is -1.17. The summed E-state index contributed by atoms with van der Waals surface area (Å²) in [6.45, 7) is 5.71. The van der Waals surface area contributed by atoms with Crippen molar-refractivity contribution >= 4 is 7.05 Å². The third-order valence-electron chi connectivity index (χ3n) is 7.51. The van der Waals surface area contributed by atoms with Gasteiger partial charge in [-0.3, -0.25) is 4.74 Å². The fourth-order valence-corrected chi connectivity index (χ4v) is 12.6. The monoisotopic (exact) mass is 461 g/mol. The summed E-state index contributed by atoms with van der Waals surface area (Å²) < 4.78 is 5.76. The Morgan fingerprint density at radius 1 is 0.933 bits per heavy atom. The maximum Gasteiger partial charge on any atom is 0.0425 e. The largest absolute Gasteiger partial charge is 0.271 e. The van der Waals surface area contributed by atoms with E-state index in [0.29, 0.717) is 0 Å². The van der Waals surface area contributed by atoms with E-state index in [2.05, 4.69) is 37.8 Å². The molecule has 0 aromatic carbocycles. The Morgan fingerprint density at radius 3 is 1.80 bits per heavy atom. The molecule has 0 radical (unpaired) electrons. The van der Waals surface area contributed by atoms with Gasteiger partial charge in [-0.2, -0.15) is 0 Å². The van der Waals surface area contributed by atoms with Crippen LogP contribution in [-0.4, -0.2) is 17.0 Å². The van der Waals surface area contributed by atoms with Gasteiger partial charge in [0.15, 0.2) is 0 Å². The number of hydrogen-bond acceptors (Lipinski definition) is 1. The summed E-state index contributed by atoms with van der Waals surface area (Å²) >= 11 is 0. The topological polar surface area (TPSA) is 12.4 Å². The van der Waals surface area contributed by atoms with Crippen LogP contribution < -0.4 is 0 Å². The van der Waals surface area contributed by atoms with Crippen molar-refractivity contribution in [2.24, 2.45) is 4.74 Å². The molecule has 0 atom stereocenters. The molecular formula is C27H44NPTi. The molecule has 0 bridgehead atoms. The second-order valence-electron chi connectivity index (χ2n) is 9.45. The van der Waals surface area contributed by atoms with Gasteiger partial charge in [0.25, 0.3) is 0 Å². The summed E-state index contributed by atoms with van der Waals surface area (Å²) in [7, 11) is -1.17. The number of rotatable bonds is 7. The summed E-state index contributed by atoms with van der Waals surface area (Å²) in [6, 6.07) is 0. The van der Waals surface area contributed by atoms with E-state index < -0.39 is 7.05 Å². The van der Waals surface area contributed by atoms with Crippen LogP contribution in [0.4, 0.5) is 0 Å². The van der Waals surface area contributed by atoms with Gasteiger partial charge in [0.1, 0.15) is 0 Å². The number of allylic oxidation sites excluding steroid dienone is 6. The zero-order chi connectivity index (χ0) is 20.4. The van der Waals surface area contributed by atoms with Gasteiger partial charge >= 0.3 is 0 Å². The van der Waals surface area contributed by atoms with Crippen LogP contribution in [0.15, 0.2) is 53.5 Å². The van der Waals surface area contributed by atoms with Gasteiger partial charge in [-0.15, -0.1) is 0 Å². The second kappa shape index (κ2) is 14.1. The van der Waals surface area contributed by atoms with E-state index in [0.717, 1.165) is 23.4 Å². The SMILES string of the molecule is C1=CCC(N=P(C2CCCC2)(C2CCCC2)C2CCCC2)=C1.C=CC=CCCC.[Ti]. The predicted octanol–water partition coefficient (Wildman–Crippen LogP) is 9.39.